The molecule has 27 heavy (non-hydrogen) atoms. The smallest absolute Gasteiger partial charge is 0.273 e. The van der Waals surface area contributed by atoms with E-state index in [4.69, 9.17) is 4.74 Å². The van der Waals surface area contributed by atoms with Crippen LogP contribution >= 0.6 is 11.3 Å². The standard InChI is InChI=1S/C19H21N5O2S/c25-19(16-12-24(23-22-16)11-15-7-4-10-26-15)20-9-8-18-21-17(13-27-18)14-5-2-1-3-6-14/h1-3,5-6,12-13,15H,4,7-11H2,(H,20,25)/t15-/m1/s1. The van der Waals surface area contributed by atoms with Gasteiger partial charge in [-0.1, -0.05) is 35.5 Å². The third kappa shape index (κ3) is 4.58. The molecule has 7 nitrogen and oxygen atoms in total. The Morgan fingerprint density at radius 1 is 1.33 bits per heavy atom. The van der Waals surface area contributed by atoms with Gasteiger partial charge in [0.05, 0.1) is 29.5 Å². The number of nitrogens with one attached hydrogen (secondary N) is 1. The summed E-state index contributed by atoms with van der Waals surface area (Å²) < 4.78 is 7.26. The molecule has 1 aliphatic rings. The number of thiazole rings is 1. The van der Waals surface area contributed by atoms with Gasteiger partial charge in [0.25, 0.3) is 5.91 Å². The molecule has 2 aromatic heterocycles. The van der Waals surface area contributed by atoms with Crippen LogP contribution in [-0.4, -0.2) is 45.1 Å². The van der Waals surface area contributed by atoms with Crippen LogP contribution in [0, 0.1) is 0 Å². The van der Waals surface area contributed by atoms with Crippen molar-refractivity contribution in [3.05, 3.63) is 52.6 Å². The average Bonchev–Trinajstić information content (AvgIpc) is 3.45. The minimum Gasteiger partial charge on any atom is -0.376 e. The maximum Gasteiger partial charge on any atom is 0.273 e. The fourth-order valence-corrected chi connectivity index (χ4v) is 3.84. The highest BCUT2D eigenvalue weighted by Gasteiger charge is 2.18. The van der Waals surface area contributed by atoms with Crippen molar-refractivity contribution < 1.29 is 9.53 Å². The molecule has 0 unspecified atom stereocenters. The Morgan fingerprint density at radius 2 is 2.22 bits per heavy atom. The molecule has 1 fully saturated rings. The molecular formula is C19H21N5O2S. The maximum atomic E-state index is 12.2. The molecule has 0 spiro atoms. The quantitative estimate of drug-likeness (QED) is 0.678. The Morgan fingerprint density at radius 3 is 3.04 bits per heavy atom. The first-order valence-corrected chi connectivity index (χ1v) is 9.95. The van der Waals surface area contributed by atoms with Crippen LogP contribution in [0.25, 0.3) is 11.3 Å². The van der Waals surface area contributed by atoms with E-state index in [0.717, 1.165) is 35.7 Å². The van der Waals surface area contributed by atoms with E-state index in [1.54, 1.807) is 22.2 Å². The van der Waals surface area contributed by atoms with Crippen LogP contribution in [0.15, 0.2) is 41.9 Å². The number of ether oxygens (including phenoxy) is 1. The number of aromatic nitrogens is 4. The molecule has 1 aliphatic heterocycles. The number of amides is 1. The summed E-state index contributed by atoms with van der Waals surface area (Å²) in [5, 5.41) is 13.9. The average molecular weight is 383 g/mol. The van der Waals surface area contributed by atoms with Crippen LogP contribution in [-0.2, 0) is 17.7 Å². The summed E-state index contributed by atoms with van der Waals surface area (Å²) in [4.78, 5) is 16.9. The van der Waals surface area contributed by atoms with E-state index in [9.17, 15) is 4.79 Å². The Labute approximate surface area is 161 Å². The Bertz CT molecular complexity index is 886. The first kappa shape index (κ1) is 17.8. The number of carbonyl (C=O) groups excluding carboxylic acids is 1. The molecule has 1 saturated heterocycles. The summed E-state index contributed by atoms with van der Waals surface area (Å²) in [7, 11) is 0. The van der Waals surface area contributed by atoms with Crippen molar-refractivity contribution in [2.45, 2.75) is 31.9 Å². The van der Waals surface area contributed by atoms with Crippen molar-refractivity contribution in [1.29, 1.82) is 0 Å². The molecule has 1 N–H and O–H groups in total. The molecule has 140 valence electrons. The van der Waals surface area contributed by atoms with Crippen molar-refractivity contribution >= 4 is 17.2 Å². The van der Waals surface area contributed by atoms with Gasteiger partial charge in [-0.15, -0.1) is 16.4 Å². The SMILES string of the molecule is O=C(NCCc1nc(-c2ccccc2)cs1)c1cn(C[C@H]2CCCO2)nn1. The van der Waals surface area contributed by atoms with Gasteiger partial charge in [-0.05, 0) is 12.8 Å². The van der Waals surface area contributed by atoms with E-state index in [-0.39, 0.29) is 12.0 Å². The van der Waals surface area contributed by atoms with Gasteiger partial charge in [0, 0.05) is 30.5 Å². The number of benzene rings is 1. The second kappa shape index (κ2) is 8.41. The molecule has 1 aromatic carbocycles. The molecule has 3 aromatic rings. The highest BCUT2D eigenvalue weighted by Crippen LogP contribution is 2.21. The van der Waals surface area contributed by atoms with Gasteiger partial charge in [-0.3, -0.25) is 4.79 Å². The van der Waals surface area contributed by atoms with E-state index in [0.29, 0.717) is 25.2 Å². The highest BCUT2D eigenvalue weighted by atomic mass is 32.1. The van der Waals surface area contributed by atoms with Crippen molar-refractivity contribution in [3.8, 4) is 11.3 Å². The fourth-order valence-electron chi connectivity index (χ4n) is 3.03. The normalized spacial score (nSPS) is 16.5. The Hall–Kier alpha value is -2.58. The molecule has 8 heteroatoms. The summed E-state index contributed by atoms with van der Waals surface area (Å²) in [5.74, 6) is -0.214. The molecule has 4 rings (SSSR count). The minimum absolute atomic E-state index is 0.173. The second-order valence-corrected chi connectivity index (χ2v) is 7.40. The van der Waals surface area contributed by atoms with Crippen LogP contribution < -0.4 is 5.32 Å². The van der Waals surface area contributed by atoms with Crippen LogP contribution in [0.3, 0.4) is 0 Å². The zero-order valence-electron chi connectivity index (χ0n) is 14.9. The van der Waals surface area contributed by atoms with E-state index < -0.39 is 0 Å². The Balaban J connectivity index is 1.26. The molecule has 1 atom stereocenters. The van der Waals surface area contributed by atoms with Crippen LogP contribution in [0.4, 0.5) is 0 Å². The molecule has 0 saturated carbocycles. The lowest BCUT2D eigenvalue weighted by Gasteiger charge is -2.07. The Kier molecular flexibility index (Phi) is 5.55. The van der Waals surface area contributed by atoms with Gasteiger partial charge < -0.3 is 10.1 Å². The predicted molar refractivity (Wildman–Crippen MR) is 103 cm³/mol. The maximum absolute atomic E-state index is 12.2. The molecule has 1 amide bonds. The lowest BCUT2D eigenvalue weighted by molar-refractivity contribution is 0.0930. The largest absolute Gasteiger partial charge is 0.376 e. The summed E-state index contributed by atoms with van der Waals surface area (Å²) in [6, 6.07) is 10.1. The predicted octanol–water partition coefficient (Wildman–Crippen LogP) is 2.55. The van der Waals surface area contributed by atoms with Crippen molar-refractivity contribution in [1.82, 2.24) is 25.3 Å². The summed E-state index contributed by atoms with van der Waals surface area (Å²) in [6.45, 7) is 1.95. The van der Waals surface area contributed by atoms with Gasteiger partial charge in [-0.25, -0.2) is 9.67 Å². The number of rotatable bonds is 7. The van der Waals surface area contributed by atoms with Crippen LogP contribution in [0.1, 0.15) is 28.3 Å². The fraction of sp³-hybridized carbons (Fsp3) is 0.368. The zero-order valence-corrected chi connectivity index (χ0v) is 15.7. The topological polar surface area (TPSA) is 81.9 Å². The lowest BCUT2D eigenvalue weighted by atomic mass is 10.2. The molecule has 0 bridgehead atoms. The zero-order chi connectivity index (χ0) is 18.5. The summed E-state index contributed by atoms with van der Waals surface area (Å²) in [6.07, 6.45) is 4.64. The summed E-state index contributed by atoms with van der Waals surface area (Å²) in [5.41, 5.74) is 2.41. The van der Waals surface area contributed by atoms with Crippen LogP contribution in [0.5, 0.6) is 0 Å². The third-order valence-corrected chi connectivity index (χ3v) is 5.34. The highest BCUT2D eigenvalue weighted by molar-refractivity contribution is 7.09. The van der Waals surface area contributed by atoms with Crippen LogP contribution in [0.2, 0.25) is 0 Å². The number of hydrogen-bond acceptors (Lipinski definition) is 6. The molecule has 0 radical (unpaired) electrons. The first-order chi connectivity index (χ1) is 13.3. The first-order valence-electron chi connectivity index (χ1n) is 9.08. The van der Waals surface area contributed by atoms with Crippen molar-refractivity contribution in [3.63, 3.8) is 0 Å². The number of nitrogens with zero attached hydrogens (tertiary/aromatic N) is 4. The van der Waals surface area contributed by atoms with E-state index in [2.05, 4.69) is 20.6 Å². The number of hydrogen-bond donors (Lipinski definition) is 1. The van der Waals surface area contributed by atoms with Gasteiger partial charge in [0.1, 0.15) is 0 Å². The van der Waals surface area contributed by atoms with E-state index >= 15 is 0 Å². The monoisotopic (exact) mass is 383 g/mol. The minimum atomic E-state index is -0.214. The van der Waals surface area contributed by atoms with Gasteiger partial charge in [0.2, 0.25) is 0 Å². The second-order valence-electron chi connectivity index (χ2n) is 6.46. The number of carbonyl (C=O) groups is 1. The van der Waals surface area contributed by atoms with Gasteiger partial charge in [-0.2, -0.15) is 0 Å². The third-order valence-electron chi connectivity index (χ3n) is 4.43. The molecule has 3 heterocycles. The van der Waals surface area contributed by atoms with Crippen molar-refractivity contribution in [2.75, 3.05) is 13.2 Å². The van der Waals surface area contributed by atoms with Gasteiger partial charge in [0.15, 0.2) is 5.69 Å². The van der Waals surface area contributed by atoms with Gasteiger partial charge >= 0.3 is 0 Å². The van der Waals surface area contributed by atoms with Crippen molar-refractivity contribution in [2.24, 2.45) is 0 Å². The molecule has 0 aliphatic carbocycles. The summed E-state index contributed by atoms with van der Waals surface area (Å²) >= 11 is 1.61. The van der Waals surface area contributed by atoms with E-state index in [1.165, 1.54) is 0 Å². The van der Waals surface area contributed by atoms with E-state index in [1.807, 2.05) is 35.7 Å². The molecular weight excluding hydrogens is 362 g/mol. The lowest BCUT2D eigenvalue weighted by Crippen LogP contribution is -2.26.